The van der Waals surface area contributed by atoms with E-state index in [2.05, 4.69) is 0 Å². The lowest BCUT2D eigenvalue weighted by molar-refractivity contribution is -0.130. The second-order valence-electron chi connectivity index (χ2n) is 2.79. The number of hydrogen-bond acceptors (Lipinski definition) is 3. The fourth-order valence-electron chi connectivity index (χ4n) is 1.22. The number of halogens is 1. The van der Waals surface area contributed by atoms with Crippen molar-refractivity contribution in [1.29, 1.82) is 0 Å². The van der Waals surface area contributed by atoms with E-state index in [1.165, 1.54) is 0 Å². The normalized spacial score (nSPS) is 20.6. The number of fused-ring (bicyclic) bond motifs is 1. The van der Waals surface area contributed by atoms with Crippen molar-refractivity contribution in [3.05, 3.63) is 28.8 Å². The predicted octanol–water partition coefficient (Wildman–Crippen LogP) is 1.57. The van der Waals surface area contributed by atoms with E-state index in [0.717, 1.165) is 11.3 Å². The molecule has 1 atom stereocenters. The largest absolute Gasteiger partial charge is 0.462 e. The zero-order valence-electron chi connectivity index (χ0n) is 6.87. The van der Waals surface area contributed by atoms with E-state index in [1.807, 2.05) is 0 Å². The minimum absolute atomic E-state index is 0.137. The first-order valence-corrected chi connectivity index (χ1v) is 4.35. The average Bonchev–Trinajstić information content (AvgIpc) is 2.17. The zero-order chi connectivity index (χ0) is 9.26. The maximum atomic E-state index is 8.80. The van der Waals surface area contributed by atoms with E-state index >= 15 is 0 Å². The van der Waals surface area contributed by atoms with E-state index in [1.54, 1.807) is 18.2 Å². The molecule has 1 heterocycles. The maximum Gasteiger partial charge on any atom is 0.223 e. The molecule has 1 N–H and O–H groups in total. The van der Waals surface area contributed by atoms with Crippen molar-refractivity contribution in [2.24, 2.45) is 0 Å². The molecular formula is C9H9ClO3. The van der Waals surface area contributed by atoms with Gasteiger partial charge in [-0.25, -0.2) is 0 Å². The summed E-state index contributed by atoms with van der Waals surface area (Å²) in [5, 5.41) is 9.46. The van der Waals surface area contributed by atoms with E-state index in [0.29, 0.717) is 11.6 Å². The zero-order valence-corrected chi connectivity index (χ0v) is 7.62. The SMILES string of the molecule is OCC1OCc2cc(Cl)ccc2O1. The Labute approximate surface area is 80.8 Å². The van der Waals surface area contributed by atoms with Crippen molar-refractivity contribution in [2.75, 3.05) is 6.61 Å². The Morgan fingerprint density at radius 3 is 3.15 bits per heavy atom. The summed E-state index contributed by atoms with van der Waals surface area (Å²) >= 11 is 5.79. The van der Waals surface area contributed by atoms with Gasteiger partial charge in [-0.05, 0) is 18.2 Å². The molecule has 0 saturated carbocycles. The lowest BCUT2D eigenvalue weighted by Gasteiger charge is -2.24. The Morgan fingerprint density at radius 2 is 2.38 bits per heavy atom. The molecule has 1 aliphatic rings. The molecule has 13 heavy (non-hydrogen) atoms. The highest BCUT2D eigenvalue weighted by Gasteiger charge is 2.18. The van der Waals surface area contributed by atoms with Gasteiger partial charge in [-0.1, -0.05) is 11.6 Å². The molecule has 0 spiro atoms. The molecule has 4 heteroatoms. The van der Waals surface area contributed by atoms with E-state index in [4.69, 9.17) is 26.2 Å². The number of aliphatic hydroxyl groups is 1. The Hall–Kier alpha value is -0.770. The van der Waals surface area contributed by atoms with Gasteiger partial charge in [0, 0.05) is 10.6 Å². The molecule has 0 aromatic heterocycles. The number of ether oxygens (including phenoxy) is 2. The highest BCUT2D eigenvalue weighted by atomic mass is 35.5. The van der Waals surface area contributed by atoms with Crippen LogP contribution < -0.4 is 4.74 Å². The summed E-state index contributed by atoms with van der Waals surface area (Å²) in [6.45, 7) is 0.295. The van der Waals surface area contributed by atoms with Gasteiger partial charge in [-0.3, -0.25) is 0 Å². The number of rotatable bonds is 1. The average molecular weight is 201 g/mol. The monoisotopic (exact) mass is 200 g/mol. The molecule has 0 bridgehead atoms. The van der Waals surface area contributed by atoms with Crippen LogP contribution in [0, 0.1) is 0 Å². The van der Waals surface area contributed by atoms with Crippen molar-refractivity contribution < 1.29 is 14.6 Å². The van der Waals surface area contributed by atoms with Gasteiger partial charge >= 0.3 is 0 Å². The quantitative estimate of drug-likeness (QED) is 0.748. The van der Waals surface area contributed by atoms with Crippen LogP contribution in [0.25, 0.3) is 0 Å². The van der Waals surface area contributed by atoms with Crippen LogP contribution in [0.3, 0.4) is 0 Å². The number of aliphatic hydroxyl groups excluding tert-OH is 1. The molecule has 0 aliphatic carbocycles. The Morgan fingerprint density at radius 1 is 1.54 bits per heavy atom. The summed E-state index contributed by atoms with van der Waals surface area (Å²) in [7, 11) is 0. The fourth-order valence-corrected chi connectivity index (χ4v) is 1.42. The molecule has 1 unspecified atom stereocenters. The van der Waals surface area contributed by atoms with Crippen molar-refractivity contribution in [1.82, 2.24) is 0 Å². The Bertz CT molecular complexity index is 314. The van der Waals surface area contributed by atoms with Gasteiger partial charge in [-0.2, -0.15) is 0 Å². The Balaban J connectivity index is 2.26. The first-order valence-electron chi connectivity index (χ1n) is 3.97. The lowest BCUT2D eigenvalue weighted by atomic mass is 10.2. The summed E-state index contributed by atoms with van der Waals surface area (Å²) in [4.78, 5) is 0. The molecule has 70 valence electrons. The molecule has 0 amide bonds. The van der Waals surface area contributed by atoms with Gasteiger partial charge in [-0.15, -0.1) is 0 Å². The molecule has 0 saturated heterocycles. The first-order chi connectivity index (χ1) is 6.29. The van der Waals surface area contributed by atoms with E-state index < -0.39 is 6.29 Å². The van der Waals surface area contributed by atoms with Crippen molar-refractivity contribution in [3.8, 4) is 5.75 Å². The second kappa shape index (κ2) is 3.54. The maximum absolute atomic E-state index is 8.80. The predicted molar refractivity (Wildman–Crippen MR) is 47.7 cm³/mol. The minimum atomic E-state index is -0.548. The Kier molecular flexibility index (Phi) is 2.40. The molecule has 2 rings (SSSR count). The summed E-state index contributed by atoms with van der Waals surface area (Å²) < 4.78 is 10.5. The van der Waals surface area contributed by atoms with Crippen LogP contribution in [-0.2, 0) is 11.3 Å². The highest BCUT2D eigenvalue weighted by molar-refractivity contribution is 6.30. The van der Waals surface area contributed by atoms with Crippen molar-refractivity contribution in [2.45, 2.75) is 12.9 Å². The molecule has 0 fully saturated rings. The standard InChI is InChI=1S/C9H9ClO3/c10-7-1-2-8-6(3-7)5-12-9(4-11)13-8/h1-3,9,11H,4-5H2. The molecule has 1 aromatic rings. The third-order valence-corrected chi connectivity index (χ3v) is 2.09. The van der Waals surface area contributed by atoms with Gasteiger partial charge < -0.3 is 14.6 Å². The molecule has 1 aliphatic heterocycles. The summed E-state index contributed by atoms with van der Waals surface area (Å²) in [5.41, 5.74) is 0.914. The van der Waals surface area contributed by atoms with Crippen LogP contribution in [0.4, 0.5) is 0 Å². The van der Waals surface area contributed by atoms with Crippen molar-refractivity contribution >= 4 is 11.6 Å². The highest BCUT2D eigenvalue weighted by Crippen LogP contribution is 2.28. The minimum Gasteiger partial charge on any atom is -0.462 e. The molecule has 0 radical (unpaired) electrons. The summed E-state index contributed by atoms with van der Waals surface area (Å²) in [6.07, 6.45) is -0.548. The van der Waals surface area contributed by atoms with Crippen LogP contribution >= 0.6 is 11.6 Å². The lowest BCUT2D eigenvalue weighted by Crippen LogP contribution is -2.28. The van der Waals surface area contributed by atoms with Gasteiger partial charge in [0.15, 0.2) is 0 Å². The van der Waals surface area contributed by atoms with Crippen LogP contribution in [-0.4, -0.2) is 18.0 Å². The van der Waals surface area contributed by atoms with Crippen LogP contribution in [0.2, 0.25) is 5.02 Å². The van der Waals surface area contributed by atoms with Crippen molar-refractivity contribution in [3.63, 3.8) is 0 Å². The molecular weight excluding hydrogens is 192 g/mol. The smallest absolute Gasteiger partial charge is 0.223 e. The van der Waals surface area contributed by atoms with E-state index in [-0.39, 0.29) is 6.61 Å². The first kappa shape index (κ1) is 8.81. The summed E-state index contributed by atoms with van der Waals surface area (Å²) in [5.74, 6) is 0.731. The van der Waals surface area contributed by atoms with Gasteiger partial charge in [0.25, 0.3) is 0 Å². The third-order valence-electron chi connectivity index (χ3n) is 1.85. The number of hydrogen-bond donors (Lipinski definition) is 1. The second-order valence-corrected chi connectivity index (χ2v) is 3.23. The topological polar surface area (TPSA) is 38.7 Å². The molecule has 1 aromatic carbocycles. The van der Waals surface area contributed by atoms with Gasteiger partial charge in [0.05, 0.1) is 6.61 Å². The van der Waals surface area contributed by atoms with E-state index in [9.17, 15) is 0 Å². The summed E-state index contributed by atoms with van der Waals surface area (Å²) in [6, 6.07) is 5.33. The van der Waals surface area contributed by atoms with Gasteiger partial charge in [0.2, 0.25) is 6.29 Å². The van der Waals surface area contributed by atoms with Crippen LogP contribution in [0.5, 0.6) is 5.75 Å². The third kappa shape index (κ3) is 1.77. The van der Waals surface area contributed by atoms with Crippen LogP contribution in [0.1, 0.15) is 5.56 Å². The number of benzene rings is 1. The van der Waals surface area contributed by atoms with Crippen LogP contribution in [0.15, 0.2) is 18.2 Å². The molecule has 3 nitrogen and oxygen atoms in total. The fraction of sp³-hybridized carbons (Fsp3) is 0.333. The van der Waals surface area contributed by atoms with Gasteiger partial charge in [0.1, 0.15) is 12.4 Å².